The van der Waals surface area contributed by atoms with Gasteiger partial charge in [0.05, 0.1) is 52.8 Å². The molecule has 1 saturated heterocycles. The summed E-state index contributed by atoms with van der Waals surface area (Å²) >= 11 is 0. The summed E-state index contributed by atoms with van der Waals surface area (Å²) < 4.78 is 5.65. The molecule has 1 N–H and O–H groups in total. The third-order valence-corrected chi connectivity index (χ3v) is 9.71. The summed E-state index contributed by atoms with van der Waals surface area (Å²) in [5.74, 6) is 0. The van der Waals surface area contributed by atoms with Crippen LogP contribution in [-0.2, 0) is 4.74 Å². The number of ether oxygens (including phenoxy) is 1. The van der Waals surface area contributed by atoms with E-state index >= 15 is 0 Å². The number of benzene rings is 4. The first-order valence-electron chi connectivity index (χ1n) is 17.3. The second-order valence-electron chi connectivity index (χ2n) is 12.4. The Kier molecular flexibility index (Phi) is 9.75. The number of nitrogens with one attached hydrogen (secondary N) is 1. The zero-order valence-electron chi connectivity index (χ0n) is 27.7. The zero-order chi connectivity index (χ0) is 32.0. The summed E-state index contributed by atoms with van der Waals surface area (Å²) in [6.45, 7) is 13.1. The fourth-order valence-corrected chi connectivity index (χ4v) is 7.36. The Hall–Kier alpha value is -4.30. The van der Waals surface area contributed by atoms with Crippen LogP contribution in [0.1, 0.15) is 26.7 Å². The number of hydrogen-bond donors (Lipinski definition) is 1. The van der Waals surface area contributed by atoms with Crippen LogP contribution in [0.3, 0.4) is 0 Å². The number of nitrogens with zero attached hydrogens (tertiary/aromatic N) is 5. The van der Waals surface area contributed by atoms with E-state index < -0.39 is 0 Å². The van der Waals surface area contributed by atoms with Gasteiger partial charge in [0.25, 0.3) is 0 Å². The molecule has 0 aliphatic carbocycles. The molecule has 2 aromatic heterocycles. The molecule has 6 aromatic rings. The van der Waals surface area contributed by atoms with Gasteiger partial charge in [-0.3, -0.25) is 9.80 Å². The lowest BCUT2D eigenvalue weighted by molar-refractivity contribution is 0.0374. The second-order valence-corrected chi connectivity index (χ2v) is 12.4. The molecule has 0 amide bonds. The molecule has 1 aliphatic rings. The minimum absolute atomic E-state index is 0.191. The monoisotopic (exact) mass is 626 g/mol. The van der Waals surface area contributed by atoms with Crippen molar-refractivity contribution in [3.8, 4) is 0 Å². The van der Waals surface area contributed by atoms with Crippen LogP contribution in [-0.4, -0.2) is 85.0 Å². The first kappa shape index (κ1) is 31.3. The molecule has 1 fully saturated rings. The minimum Gasteiger partial charge on any atom is -0.384 e. The van der Waals surface area contributed by atoms with Gasteiger partial charge in [-0.15, -0.1) is 0 Å². The highest BCUT2D eigenvalue weighted by molar-refractivity contribution is 6.08. The van der Waals surface area contributed by atoms with E-state index in [4.69, 9.17) is 14.7 Å². The van der Waals surface area contributed by atoms with Gasteiger partial charge in [-0.2, -0.15) is 0 Å². The maximum Gasteiger partial charge on any atom is 0.0837 e. The first-order chi connectivity index (χ1) is 23.2. The van der Waals surface area contributed by atoms with E-state index in [1.54, 1.807) is 0 Å². The smallest absolute Gasteiger partial charge is 0.0837 e. The maximum absolute atomic E-state index is 5.65. The number of hydrogen-bond acceptors (Lipinski definition) is 7. The van der Waals surface area contributed by atoms with Crippen LogP contribution in [0.5, 0.6) is 0 Å². The van der Waals surface area contributed by atoms with Crippen LogP contribution in [0.4, 0.5) is 11.4 Å². The van der Waals surface area contributed by atoms with E-state index in [0.29, 0.717) is 0 Å². The molecule has 242 valence electrons. The third kappa shape index (κ3) is 6.61. The largest absolute Gasteiger partial charge is 0.384 e. The van der Waals surface area contributed by atoms with Crippen molar-refractivity contribution in [3.05, 3.63) is 97.1 Å². The van der Waals surface area contributed by atoms with Crippen molar-refractivity contribution in [1.29, 1.82) is 0 Å². The van der Waals surface area contributed by atoms with E-state index in [0.717, 1.165) is 93.9 Å². The summed E-state index contributed by atoms with van der Waals surface area (Å²) in [5, 5.41) is 8.69. The lowest BCUT2D eigenvalue weighted by atomic mass is 10.0. The van der Waals surface area contributed by atoms with Crippen molar-refractivity contribution in [2.24, 2.45) is 0 Å². The Balaban J connectivity index is 1.27. The molecule has 0 bridgehead atoms. The Morgan fingerprint density at radius 3 is 1.72 bits per heavy atom. The molecule has 3 heterocycles. The van der Waals surface area contributed by atoms with Crippen LogP contribution in [0, 0.1) is 0 Å². The maximum atomic E-state index is 5.65. The Labute approximate surface area is 278 Å². The van der Waals surface area contributed by atoms with Crippen LogP contribution in [0.25, 0.3) is 43.6 Å². The standard InChI is InChI=1S/C40H46N6O/c1-3-45(4-2)38(22-23-41-39-30-14-5-9-18-34(30)42-35-19-10-6-15-31(35)39)46(25-13-24-44-26-28-47-29-27-44)40-32-16-7-11-20-36(32)43-37-21-12-8-17-33(37)40/h5-12,14-21,38H,3-4,13,22-29H2,1-2H3,(H,41,42). The van der Waals surface area contributed by atoms with Crippen LogP contribution >= 0.6 is 0 Å². The fraction of sp³-hybridized carbons (Fsp3) is 0.350. The molecule has 47 heavy (non-hydrogen) atoms. The summed E-state index contributed by atoms with van der Waals surface area (Å²) in [4.78, 5) is 18.0. The molecule has 7 heteroatoms. The molecule has 7 rings (SSSR count). The lowest BCUT2D eigenvalue weighted by Crippen LogP contribution is -2.50. The number of anilines is 2. The average Bonchev–Trinajstić information content (AvgIpc) is 3.12. The van der Waals surface area contributed by atoms with Gasteiger partial charge in [-0.05, 0) is 50.2 Å². The Morgan fingerprint density at radius 1 is 0.702 bits per heavy atom. The summed E-state index contributed by atoms with van der Waals surface area (Å²) in [5.41, 5.74) is 6.60. The number of morpholine rings is 1. The van der Waals surface area contributed by atoms with E-state index in [9.17, 15) is 0 Å². The van der Waals surface area contributed by atoms with Crippen molar-refractivity contribution in [2.45, 2.75) is 32.9 Å². The topological polar surface area (TPSA) is 56.8 Å². The Morgan fingerprint density at radius 2 is 1.19 bits per heavy atom. The molecular weight excluding hydrogens is 580 g/mol. The van der Waals surface area contributed by atoms with Gasteiger partial charge >= 0.3 is 0 Å². The van der Waals surface area contributed by atoms with Crippen LogP contribution in [0.2, 0.25) is 0 Å². The first-order valence-corrected chi connectivity index (χ1v) is 17.3. The van der Waals surface area contributed by atoms with Gasteiger partial charge in [0.15, 0.2) is 0 Å². The van der Waals surface area contributed by atoms with Gasteiger partial charge in [-0.1, -0.05) is 86.6 Å². The summed E-state index contributed by atoms with van der Waals surface area (Å²) in [6, 6.07) is 34.3. The number of aromatic nitrogens is 2. The lowest BCUT2D eigenvalue weighted by Gasteiger charge is -2.42. The van der Waals surface area contributed by atoms with Crippen LogP contribution < -0.4 is 10.2 Å². The summed E-state index contributed by atoms with van der Waals surface area (Å²) in [6.07, 6.45) is 2.22. The molecular formula is C40H46N6O. The van der Waals surface area contributed by atoms with Crippen molar-refractivity contribution < 1.29 is 4.74 Å². The van der Waals surface area contributed by atoms with Gasteiger partial charge in [-0.25, -0.2) is 9.97 Å². The second kappa shape index (κ2) is 14.6. The number of rotatable bonds is 13. The molecule has 0 radical (unpaired) electrons. The van der Waals surface area contributed by atoms with Gasteiger partial charge in [0.1, 0.15) is 0 Å². The van der Waals surface area contributed by atoms with Crippen molar-refractivity contribution in [1.82, 2.24) is 19.8 Å². The highest BCUT2D eigenvalue weighted by Crippen LogP contribution is 2.37. The molecule has 0 saturated carbocycles. The third-order valence-electron chi connectivity index (χ3n) is 9.71. The van der Waals surface area contributed by atoms with Crippen molar-refractivity contribution in [2.75, 3.05) is 69.2 Å². The minimum atomic E-state index is 0.191. The molecule has 1 aliphatic heterocycles. The molecule has 1 atom stereocenters. The quantitative estimate of drug-likeness (QED) is 0.104. The number of fused-ring (bicyclic) bond motifs is 4. The predicted molar refractivity (Wildman–Crippen MR) is 198 cm³/mol. The molecule has 4 aromatic carbocycles. The van der Waals surface area contributed by atoms with Crippen LogP contribution in [0.15, 0.2) is 97.1 Å². The zero-order valence-corrected chi connectivity index (χ0v) is 27.7. The molecule has 7 nitrogen and oxygen atoms in total. The van der Waals surface area contributed by atoms with E-state index in [1.165, 1.54) is 32.9 Å². The number of para-hydroxylation sites is 4. The Bertz CT molecular complexity index is 1840. The van der Waals surface area contributed by atoms with Gasteiger partial charge in [0, 0.05) is 54.3 Å². The summed E-state index contributed by atoms with van der Waals surface area (Å²) in [7, 11) is 0. The van der Waals surface area contributed by atoms with Gasteiger partial charge in [0.2, 0.25) is 0 Å². The molecule has 1 unspecified atom stereocenters. The highest BCUT2D eigenvalue weighted by atomic mass is 16.5. The van der Waals surface area contributed by atoms with E-state index in [2.05, 4.69) is 131 Å². The average molecular weight is 627 g/mol. The van der Waals surface area contributed by atoms with E-state index in [1.807, 2.05) is 0 Å². The van der Waals surface area contributed by atoms with Gasteiger partial charge < -0.3 is 15.0 Å². The highest BCUT2D eigenvalue weighted by Gasteiger charge is 2.27. The normalized spacial score (nSPS) is 14.8. The number of pyridine rings is 2. The molecule has 0 spiro atoms. The van der Waals surface area contributed by atoms with E-state index in [-0.39, 0.29) is 6.17 Å². The van der Waals surface area contributed by atoms with Crippen molar-refractivity contribution in [3.63, 3.8) is 0 Å². The van der Waals surface area contributed by atoms with Crippen molar-refractivity contribution >= 4 is 55.0 Å². The fourth-order valence-electron chi connectivity index (χ4n) is 7.36. The predicted octanol–water partition coefficient (Wildman–Crippen LogP) is 7.79. The SMILES string of the molecule is CCN(CC)C(CCNc1c2ccccc2nc2ccccc12)N(CCCN1CCOCC1)c1c2ccccc2nc2ccccc12.